The Balaban J connectivity index is 1.54. The molecule has 5 aliphatic carbocycles. The zero-order chi connectivity index (χ0) is 41.2. The van der Waals surface area contributed by atoms with Crippen LogP contribution in [-0.4, -0.2) is 70.9 Å². The van der Waals surface area contributed by atoms with Crippen molar-refractivity contribution < 1.29 is 43.9 Å². The Morgan fingerprint density at radius 2 is 1.29 bits per heavy atom. The zero-order valence-electron chi connectivity index (χ0n) is 35.5. The standard InChI is InChI=1S/C46H70O9/c1-13-16-45-25-44(45)18-15-34(55-37(50)21-30(6)7)42(11,26-53-35(48)19-28(2)3)32(44)14-17-43(45,12)41(10)23-31-22-40(8,9)38(51)39(52)46(31,33(47)24-41)27-54-36(49)20-29(4)5/h13,19-21,31-34,38-39,47,51-52H,1,14-18,22-27H2,2-12H3/t31?,32?,33-,34+,38+,39+,41+,42-,43+,44-,45?,46+/m1/s1. The molecular formula is C46H70O9. The van der Waals surface area contributed by atoms with E-state index in [0.29, 0.717) is 25.7 Å². The van der Waals surface area contributed by atoms with Gasteiger partial charge >= 0.3 is 17.9 Å². The molecule has 308 valence electrons. The van der Waals surface area contributed by atoms with Gasteiger partial charge < -0.3 is 29.5 Å². The molecule has 55 heavy (non-hydrogen) atoms. The van der Waals surface area contributed by atoms with Crippen LogP contribution in [0.2, 0.25) is 0 Å². The van der Waals surface area contributed by atoms with Crippen LogP contribution in [0.1, 0.15) is 134 Å². The first-order valence-electron chi connectivity index (χ1n) is 20.5. The molecule has 0 saturated heterocycles. The maximum absolute atomic E-state index is 13.1. The van der Waals surface area contributed by atoms with Crippen molar-refractivity contribution in [2.45, 2.75) is 158 Å². The van der Waals surface area contributed by atoms with Crippen molar-refractivity contribution in [1.82, 2.24) is 0 Å². The maximum atomic E-state index is 13.1. The minimum absolute atomic E-state index is 0.0991. The lowest BCUT2D eigenvalue weighted by Crippen LogP contribution is -2.70. The summed E-state index contributed by atoms with van der Waals surface area (Å²) < 4.78 is 18.1. The van der Waals surface area contributed by atoms with Crippen LogP contribution < -0.4 is 0 Å². The van der Waals surface area contributed by atoms with Crippen molar-refractivity contribution in [2.24, 2.45) is 49.7 Å². The highest BCUT2D eigenvalue weighted by molar-refractivity contribution is 5.83. The van der Waals surface area contributed by atoms with Gasteiger partial charge in [-0.2, -0.15) is 0 Å². The van der Waals surface area contributed by atoms with Crippen LogP contribution in [0.4, 0.5) is 0 Å². The molecule has 3 N–H and O–H groups in total. The lowest BCUT2D eigenvalue weighted by atomic mass is 9.38. The molecule has 5 fully saturated rings. The third-order valence-electron chi connectivity index (χ3n) is 15.9. The molecule has 0 amide bonds. The molecule has 0 heterocycles. The number of rotatable bonds is 11. The van der Waals surface area contributed by atoms with Gasteiger partial charge in [0.15, 0.2) is 0 Å². The number of hydrogen-bond donors (Lipinski definition) is 3. The summed E-state index contributed by atoms with van der Waals surface area (Å²) in [5.74, 6) is -1.43. The average Bonchev–Trinajstić information content (AvgIpc) is 3.72. The van der Waals surface area contributed by atoms with Gasteiger partial charge in [-0.25, -0.2) is 14.4 Å². The number of fused-ring (bicyclic) bond motifs is 1. The van der Waals surface area contributed by atoms with Crippen LogP contribution >= 0.6 is 0 Å². The summed E-state index contributed by atoms with van der Waals surface area (Å²) in [6.45, 7) is 26.1. The van der Waals surface area contributed by atoms with Gasteiger partial charge in [0.25, 0.3) is 0 Å². The number of ether oxygens (including phenoxy) is 3. The number of aliphatic hydroxyl groups excluding tert-OH is 3. The van der Waals surface area contributed by atoms with Gasteiger partial charge in [-0.1, -0.05) is 57.4 Å². The molecule has 0 aromatic heterocycles. The van der Waals surface area contributed by atoms with E-state index in [1.807, 2.05) is 61.5 Å². The Kier molecular flexibility index (Phi) is 11.7. The fourth-order valence-electron chi connectivity index (χ4n) is 13.1. The summed E-state index contributed by atoms with van der Waals surface area (Å²) >= 11 is 0. The zero-order valence-corrected chi connectivity index (χ0v) is 35.5. The van der Waals surface area contributed by atoms with Crippen LogP contribution in [0, 0.1) is 49.7 Å². The number of aliphatic hydroxyl groups is 3. The Hall–Kier alpha value is -2.75. The van der Waals surface area contributed by atoms with Gasteiger partial charge in [0.2, 0.25) is 0 Å². The SMILES string of the molecule is C=CCC12C[C@@]13CC[C@H](OC(=O)C=C(C)C)[C@](C)(COC(=O)C=C(C)C)C3CC[C@@]2(C)[C@@]1(C)CC2CC(C)(C)[C@@H](O)[C@H](O)[C@]2(COC(=O)C=C(C)C)[C@H](O)C1. The van der Waals surface area contributed by atoms with Gasteiger partial charge in [-0.05, 0) is 138 Å². The van der Waals surface area contributed by atoms with Crippen LogP contribution in [-0.2, 0) is 28.6 Å². The summed E-state index contributed by atoms with van der Waals surface area (Å²) in [5.41, 5.74) is -0.957. The summed E-state index contributed by atoms with van der Waals surface area (Å²) in [4.78, 5) is 38.9. The number of esters is 3. The van der Waals surface area contributed by atoms with Crippen molar-refractivity contribution in [3.05, 3.63) is 47.6 Å². The van der Waals surface area contributed by atoms with Gasteiger partial charge in [0.05, 0.1) is 23.7 Å². The van der Waals surface area contributed by atoms with E-state index in [1.165, 1.54) is 18.2 Å². The lowest BCUT2D eigenvalue weighted by molar-refractivity contribution is -0.271. The highest BCUT2D eigenvalue weighted by Crippen LogP contribution is 2.89. The van der Waals surface area contributed by atoms with E-state index in [2.05, 4.69) is 27.4 Å². The summed E-state index contributed by atoms with van der Waals surface area (Å²) in [6, 6.07) is 0. The van der Waals surface area contributed by atoms with Crippen LogP contribution in [0.5, 0.6) is 0 Å². The molecule has 5 rings (SSSR count). The summed E-state index contributed by atoms with van der Waals surface area (Å²) in [5, 5.41) is 35.9. The van der Waals surface area contributed by atoms with E-state index in [1.54, 1.807) is 0 Å². The van der Waals surface area contributed by atoms with E-state index in [9.17, 15) is 29.7 Å². The normalized spacial score (nSPS) is 42.5. The van der Waals surface area contributed by atoms with Gasteiger partial charge in [0, 0.05) is 23.6 Å². The number of carbonyl (C=O) groups is 3. The van der Waals surface area contributed by atoms with E-state index < -0.39 is 52.6 Å². The molecule has 0 aliphatic heterocycles. The van der Waals surface area contributed by atoms with E-state index in [-0.39, 0.29) is 52.7 Å². The van der Waals surface area contributed by atoms with Gasteiger partial charge in [-0.15, -0.1) is 6.58 Å². The Morgan fingerprint density at radius 3 is 1.85 bits per heavy atom. The Bertz CT molecular complexity index is 1630. The van der Waals surface area contributed by atoms with Crippen molar-refractivity contribution >= 4 is 17.9 Å². The monoisotopic (exact) mass is 767 g/mol. The molecule has 9 nitrogen and oxygen atoms in total. The van der Waals surface area contributed by atoms with E-state index >= 15 is 0 Å². The predicted molar refractivity (Wildman–Crippen MR) is 212 cm³/mol. The second-order valence-electron chi connectivity index (χ2n) is 20.6. The first-order valence-corrected chi connectivity index (χ1v) is 20.5. The molecule has 9 heteroatoms. The number of hydrogen-bond acceptors (Lipinski definition) is 9. The van der Waals surface area contributed by atoms with Crippen molar-refractivity contribution in [3.8, 4) is 0 Å². The van der Waals surface area contributed by atoms with Gasteiger partial charge in [-0.3, -0.25) is 0 Å². The van der Waals surface area contributed by atoms with Crippen LogP contribution in [0.3, 0.4) is 0 Å². The summed E-state index contributed by atoms with van der Waals surface area (Å²) in [7, 11) is 0. The van der Waals surface area contributed by atoms with E-state index in [0.717, 1.165) is 48.8 Å². The van der Waals surface area contributed by atoms with Crippen LogP contribution in [0.15, 0.2) is 47.6 Å². The topological polar surface area (TPSA) is 140 Å². The third kappa shape index (κ3) is 7.00. The van der Waals surface area contributed by atoms with Crippen molar-refractivity contribution in [3.63, 3.8) is 0 Å². The average molecular weight is 767 g/mol. The molecule has 5 aliphatic rings. The highest BCUT2D eigenvalue weighted by Gasteiger charge is 2.83. The van der Waals surface area contributed by atoms with E-state index in [4.69, 9.17) is 14.2 Å². The molecule has 0 aromatic rings. The second-order valence-corrected chi connectivity index (χ2v) is 20.6. The molecule has 5 saturated carbocycles. The fraction of sp³-hybridized carbons (Fsp3) is 0.761. The fourth-order valence-corrected chi connectivity index (χ4v) is 13.1. The lowest BCUT2D eigenvalue weighted by Gasteiger charge is -2.67. The van der Waals surface area contributed by atoms with Crippen LogP contribution in [0.25, 0.3) is 0 Å². The van der Waals surface area contributed by atoms with Crippen molar-refractivity contribution in [2.75, 3.05) is 13.2 Å². The molecular weight excluding hydrogens is 696 g/mol. The van der Waals surface area contributed by atoms with Crippen molar-refractivity contribution in [1.29, 1.82) is 0 Å². The molecule has 0 bridgehead atoms. The Labute approximate surface area is 330 Å². The molecule has 0 radical (unpaired) electrons. The first kappa shape index (κ1) is 43.4. The number of allylic oxidation sites excluding steroid dienone is 4. The smallest absolute Gasteiger partial charge is 0.330 e. The maximum Gasteiger partial charge on any atom is 0.330 e. The molecule has 0 aromatic carbocycles. The summed E-state index contributed by atoms with van der Waals surface area (Å²) in [6.07, 6.45) is 9.17. The highest BCUT2D eigenvalue weighted by atomic mass is 16.6. The molecule has 12 atom stereocenters. The molecule has 1 spiro atoms. The number of carbonyl (C=O) groups excluding carboxylic acids is 3. The molecule has 3 unspecified atom stereocenters. The minimum Gasteiger partial charge on any atom is -0.462 e. The second kappa shape index (κ2) is 14.9. The largest absolute Gasteiger partial charge is 0.462 e. The van der Waals surface area contributed by atoms with Gasteiger partial charge in [0.1, 0.15) is 19.3 Å². The quantitative estimate of drug-likeness (QED) is 0.0827. The first-order chi connectivity index (χ1) is 25.4. The minimum atomic E-state index is -1.28. The predicted octanol–water partition coefficient (Wildman–Crippen LogP) is 7.97. The third-order valence-corrected chi connectivity index (χ3v) is 15.9. The Morgan fingerprint density at radius 1 is 0.727 bits per heavy atom.